The van der Waals surface area contributed by atoms with Gasteiger partial charge in [0.05, 0.1) is 15.9 Å². The van der Waals surface area contributed by atoms with Crippen LogP contribution in [0, 0.1) is 21.7 Å². The van der Waals surface area contributed by atoms with Crippen LogP contribution in [0.5, 0.6) is 0 Å². The molecule has 0 aromatic heterocycles. The van der Waals surface area contributed by atoms with E-state index in [2.05, 4.69) is 5.32 Å². The zero-order valence-electron chi connectivity index (χ0n) is 13.1. The minimum Gasteiger partial charge on any atom is -0.373 e. The third-order valence-electron chi connectivity index (χ3n) is 3.57. The third-order valence-corrected chi connectivity index (χ3v) is 4.48. The first kappa shape index (κ1) is 18.7. The molecule has 25 heavy (non-hydrogen) atoms. The van der Waals surface area contributed by atoms with Gasteiger partial charge in [-0.2, -0.15) is 0 Å². The summed E-state index contributed by atoms with van der Waals surface area (Å²) in [4.78, 5) is 10.0. The number of halogens is 2. The smallest absolute Gasteiger partial charge is 0.293 e. The minimum absolute atomic E-state index is 0.00678. The van der Waals surface area contributed by atoms with Crippen LogP contribution in [0.1, 0.15) is 24.9 Å². The maximum atomic E-state index is 14.0. The summed E-state index contributed by atoms with van der Waals surface area (Å²) in [6.45, 7) is 1.69. The van der Waals surface area contributed by atoms with Crippen molar-refractivity contribution in [1.82, 2.24) is 0 Å². The van der Waals surface area contributed by atoms with Crippen molar-refractivity contribution in [2.75, 3.05) is 5.32 Å². The number of nitro groups is 1. The molecule has 0 spiro atoms. The van der Waals surface area contributed by atoms with Crippen LogP contribution in [-0.4, -0.2) is 13.3 Å². The Bertz CT molecular complexity index is 919. The maximum Gasteiger partial charge on any atom is 0.293 e. The molecule has 1 unspecified atom stereocenters. The number of rotatable bonds is 6. The minimum atomic E-state index is -4.12. The van der Waals surface area contributed by atoms with E-state index < -0.39 is 43.2 Å². The second-order valence-electron chi connectivity index (χ2n) is 5.25. The fraction of sp³-hybridized carbons (Fsp3) is 0.200. The van der Waals surface area contributed by atoms with Crippen LogP contribution < -0.4 is 10.5 Å². The summed E-state index contributed by atoms with van der Waals surface area (Å²) in [6.07, 6.45) is 0.300. The highest BCUT2D eigenvalue weighted by atomic mass is 32.2. The van der Waals surface area contributed by atoms with Crippen molar-refractivity contribution in [1.29, 1.82) is 0 Å². The monoisotopic (exact) mass is 371 g/mol. The quantitative estimate of drug-likeness (QED) is 0.598. The molecule has 3 N–H and O–H groups in total. The Morgan fingerprint density at radius 3 is 2.48 bits per heavy atom. The van der Waals surface area contributed by atoms with Gasteiger partial charge < -0.3 is 5.32 Å². The molecule has 2 aromatic rings. The molecule has 10 heteroatoms. The van der Waals surface area contributed by atoms with Crippen LogP contribution in [0.15, 0.2) is 41.3 Å². The molecule has 0 aliphatic heterocycles. The summed E-state index contributed by atoms with van der Waals surface area (Å²) < 4.78 is 50.0. The van der Waals surface area contributed by atoms with E-state index in [4.69, 9.17) is 5.14 Å². The third kappa shape index (κ3) is 4.28. The van der Waals surface area contributed by atoms with Gasteiger partial charge in [0.25, 0.3) is 5.69 Å². The van der Waals surface area contributed by atoms with Crippen molar-refractivity contribution in [2.45, 2.75) is 24.3 Å². The number of nitrogens with zero attached hydrogens (tertiary/aromatic N) is 1. The summed E-state index contributed by atoms with van der Waals surface area (Å²) in [5, 5.41) is 19.0. The first-order chi connectivity index (χ1) is 11.6. The normalized spacial score (nSPS) is 12.6. The van der Waals surface area contributed by atoms with Crippen LogP contribution in [0.2, 0.25) is 0 Å². The average Bonchev–Trinajstić information content (AvgIpc) is 2.54. The van der Waals surface area contributed by atoms with Gasteiger partial charge in [-0.3, -0.25) is 10.1 Å². The van der Waals surface area contributed by atoms with Gasteiger partial charge in [-0.05, 0) is 36.8 Å². The van der Waals surface area contributed by atoms with E-state index in [1.165, 1.54) is 0 Å². The molecule has 7 nitrogen and oxygen atoms in total. The number of nitrogens with two attached hydrogens (primary N) is 1. The summed E-state index contributed by atoms with van der Waals surface area (Å²) in [5.74, 6) is -1.31. The predicted molar refractivity (Wildman–Crippen MR) is 87.5 cm³/mol. The van der Waals surface area contributed by atoms with Crippen LogP contribution >= 0.6 is 0 Å². The molecule has 134 valence electrons. The Labute approximate surface area is 142 Å². The largest absolute Gasteiger partial charge is 0.373 e. The van der Waals surface area contributed by atoms with Gasteiger partial charge in [0.2, 0.25) is 10.0 Å². The molecule has 2 aromatic carbocycles. The van der Waals surface area contributed by atoms with Gasteiger partial charge in [-0.25, -0.2) is 22.3 Å². The van der Waals surface area contributed by atoms with Gasteiger partial charge in [-0.15, -0.1) is 0 Å². The fourth-order valence-electron chi connectivity index (χ4n) is 2.33. The van der Waals surface area contributed by atoms with Crippen LogP contribution in [-0.2, 0) is 10.0 Å². The van der Waals surface area contributed by atoms with Crippen LogP contribution in [0.25, 0.3) is 0 Å². The van der Waals surface area contributed by atoms with E-state index in [0.29, 0.717) is 6.42 Å². The topological polar surface area (TPSA) is 115 Å². The lowest BCUT2D eigenvalue weighted by Crippen LogP contribution is -2.15. The lowest BCUT2D eigenvalue weighted by atomic mass is 10.0. The van der Waals surface area contributed by atoms with Gasteiger partial charge in [0.15, 0.2) is 0 Å². The number of hydrogen-bond acceptors (Lipinski definition) is 5. The Kier molecular flexibility index (Phi) is 5.33. The summed E-state index contributed by atoms with van der Waals surface area (Å²) in [7, 11) is -4.12. The lowest BCUT2D eigenvalue weighted by Gasteiger charge is -2.19. The fourth-order valence-corrected chi connectivity index (χ4v) is 2.86. The molecule has 2 rings (SSSR count). The highest BCUT2D eigenvalue weighted by Crippen LogP contribution is 2.32. The second-order valence-corrected chi connectivity index (χ2v) is 6.81. The summed E-state index contributed by atoms with van der Waals surface area (Å²) >= 11 is 0. The molecule has 0 bridgehead atoms. The number of benzene rings is 2. The molecule has 0 aliphatic rings. The Morgan fingerprint density at radius 1 is 1.24 bits per heavy atom. The van der Waals surface area contributed by atoms with Gasteiger partial charge in [0, 0.05) is 11.6 Å². The van der Waals surface area contributed by atoms with Crippen LogP contribution in [0.3, 0.4) is 0 Å². The molecule has 0 amide bonds. The predicted octanol–water partition coefficient (Wildman–Crippen LogP) is 3.08. The SMILES string of the molecule is CCC(Nc1ccc(S(N)(=O)=O)cc1[N+](=O)[O-])c1cc(F)ccc1F. The highest BCUT2D eigenvalue weighted by molar-refractivity contribution is 7.89. The molecule has 0 radical (unpaired) electrons. The van der Waals surface area contributed by atoms with Crippen molar-refractivity contribution in [3.05, 3.63) is 63.7 Å². The standard InChI is InChI=1S/C15H15F2N3O4S/c1-2-13(11-7-9(16)3-5-12(11)17)19-14-6-4-10(25(18,23)24)8-15(14)20(21)22/h3-8,13,19H,2H2,1H3,(H2,18,23,24). The first-order valence-corrected chi connectivity index (χ1v) is 8.70. The Balaban J connectivity index is 2.47. The van der Waals surface area contributed by atoms with Gasteiger partial charge in [0.1, 0.15) is 17.3 Å². The van der Waals surface area contributed by atoms with Crippen molar-refractivity contribution >= 4 is 21.4 Å². The van der Waals surface area contributed by atoms with E-state index in [0.717, 1.165) is 36.4 Å². The number of primary sulfonamides is 1. The zero-order valence-corrected chi connectivity index (χ0v) is 13.9. The van der Waals surface area contributed by atoms with E-state index in [9.17, 15) is 27.3 Å². The summed E-state index contributed by atoms with van der Waals surface area (Å²) in [6, 6.07) is 5.25. The molecule has 0 saturated carbocycles. The zero-order chi connectivity index (χ0) is 18.8. The van der Waals surface area contributed by atoms with Crippen molar-refractivity contribution in [3.63, 3.8) is 0 Å². The van der Waals surface area contributed by atoms with Gasteiger partial charge in [-0.1, -0.05) is 6.92 Å². The Morgan fingerprint density at radius 2 is 1.92 bits per heavy atom. The lowest BCUT2D eigenvalue weighted by molar-refractivity contribution is -0.384. The van der Waals surface area contributed by atoms with Crippen molar-refractivity contribution in [3.8, 4) is 0 Å². The molecule has 0 saturated heterocycles. The summed E-state index contributed by atoms with van der Waals surface area (Å²) in [5.41, 5.74) is -0.568. The van der Waals surface area contributed by atoms with E-state index >= 15 is 0 Å². The van der Waals surface area contributed by atoms with Crippen LogP contribution in [0.4, 0.5) is 20.2 Å². The molecule has 0 fully saturated rings. The van der Waals surface area contributed by atoms with E-state index in [-0.39, 0.29) is 11.3 Å². The van der Waals surface area contributed by atoms with Gasteiger partial charge >= 0.3 is 0 Å². The molecular formula is C15H15F2N3O4S. The maximum absolute atomic E-state index is 14.0. The highest BCUT2D eigenvalue weighted by Gasteiger charge is 2.22. The number of nitrogens with one attached hydrogen (secondary N) is 1. The number of anilines is 1. The van der Waals surface area contributed by atoms with E-state index in [1.54, 1.807) is 6.92 Å². The molecular weight excluding hydrogens is 356 g/mol. The van der Waals surface area contributed by atoms with Crippen molar-refractivity contribution in [2.24, 2.45) is 5.14 Å². The first-order valence-electron chi connectivity index (χ1n) is 7.16. The number of nitro benzene ring substituents is 1. The number of hydrogen-bond donors (Lipinski definition) is 2. The second kappa shape index (κ2) is 7.11. The molecule has 0 aliphatic carbocycles. The van der Waals surface area contributed by atoms with Crippen molar-refractivity contribution < 1.29 is 22.1 Å². The average molecular weight is 371 g/mol. The Hall–Kier alpha value is -2.59. The molecule has 0 heterocycles. The number of sulfonamides is 1. The molecule has 1 atom stereocenters. The van der Waals surface area contributed by atoms with E-state index in [1.807, 2.05) is 0 Å².